The van der Waals surface area contributed by atoms with E-state index in [9.17, 15) is 8.42 Å². The molecule has 0 N–H and O–H groups in total. The Labute approximate surface area is 169 Å². The summed E-state index contributed by atoms with van der Waals surface area (Å²) in [5, 5.41) is 1.19. The van der Waals surface area contributed by atoms with Crippen molar-refractivity contribution >= 4 is 38.9 Å². The highest BCUT2D eigenvalue weighted by atomic mass is 35.5. The molecule has 0 amide bonds. The molecule has 6 nitrogen and oxygen atoms in total. The summed E-state index contributed by atoms with van der Waals surface area (Å²) in [7, 11) is -0.651. The van der Waals surface area contributed by atoms with E-state index in [0.29, 0.717) is 47.7 Å². The smallest absolute Gasteiger partial charge is 0.243 e. The van der Waals surface area contributed by atoms with E-state index in [0.717, 1.165) is 5.69 Å². The molecule has 0 radical (unpaired) electrons. The molecule has 27 heavy (non-hydrogen) atoms. The van der Waals surface area contributed by atoms with Gasteiger partial charge in [0.1, 0.15) is 0 Å². The van der Waals surface area contributed by atoms with Crippen molar-refractivity contribution in [3.05, 3.63) is 46.4 Å². The summed E-state index contributed by atoms with van der Waals surface area (Å²) >= 11 is 12.3. The first kappa shape index (κ1) is 20.1. The number of hydrogen-bond acceptors (Lipinski definition) is 5. The van der Waals surface area contributed by atoms with E-state index in [2.05, 4.69) is 0 Å². The molecular weight excluding hydrogens is 411 g/mol. The molecule has 1 aliphatic rings. The third-order valence-electron chi connectivity index (χ3n) is 4.48. The first-order valence-electron chi connectivity index (χ1n) is 8.29. The lowest BCUT2D eigenvalue weighted by atomic mass is 10.2. The quantitative estimate of drug-likeness (QED) is 0.725. The Morgan fingerprint density at radius 2 is 1.56 bits per heavy atom. The maximum Gasteiger partial charge on any atom is 0.243 e. The zero-order chi connectivity index (χ0) is 19.6. The van der Waals surface area contributed by atoms with Gasteiger partial charge in [0.05, 0.1) is 29.8 Å². The number of ether oxygens (including phenoxy) is 2. The standard InChI is InChI=1S/C18H20Cl2N2O4S/c1-25-17-6-4-14(12-18(17)26-2)27(23,24)22-9-7-21(8-10-22)16-11-13(19)3-5-15(16)20/h3-6,11-12H,7-10H2,1-2H3. The number of rotatable bonds is 5. The highest BCUT2D eigenvalue weighted by Crippen LogP contribution is 2.32. The molecule has 0 atom stereocenters. The van der Waals surface area contributed by atoms with Gasteiger partial charge in [0, 0.05) is 37.3 Å². The van der Waals surface area contributed by atoms with Crippen LogP contribution in [0.25, 0.3) is 0 Å². The summed E-state index contributed by atoms with van der Waals surface area (Å²) in [4.78, 5) is 2.21. The first-order chi connectivity index (χ1) is 12.9. The van der Waals surface area contributed by atoms with Crippen LogP contribution in [0.3, 0.4) is 0 Å². The maximum atomic E-state index is 13.0. The predicted molar refractivity (Wildman–Crippen MR) is 107 cm³/mol. The third-order valence-corrected chi connectivity index (χ3v) is 6.93. The molecule has 146 valence electrons. The van der Waals surface area contributed by atoms with Crippen LogP contribution in [0, 0.1) is 0 Å². The number of piperazine rings is 1. The number of hydrogen-bond donors (Lipinski definition) is 0. The van der Waals surface area contributed by atoms with Crippen LogP contribution >= 0.6 is 23.2 Å². The van der Waals surface area contributed by atoms with Crippen molar-refractivity contribution in [1.29, 1.82) is 0 Å². The molecule has 2 aromatic carbocycles. The number of anilines is 1. The van der Waals surface area contributed by atoms with Gasteiger partial charge < -0.3 is 14.4 Å². The van der Waals surface area contributed by atoms with Crippen molar-refractivity contribution in [2.75, 3.05) is 45.3 Å². The molecule has 0 unspecified atom stereocenters. The van der Waals surface area contributed by atoms with E-state index in [-0.39, 0.29) is 4.90 Å². The maximum absolute atomic E-state index is 13.0. The monoisotopic (exact) mass is 430 g/mol. The van der Waals surface area contributed by atoms with E-state index in [1.54, 1.807) is 24.3 Å². The van der Waals surface area contributed by atoms with Crippen LogP contribution in [0.15, 0.2) is 41.3 Å². The Hall–Kier alpha value is -1.67. The van der Waals surface area contributed by atoms with Crippen LogP contribution in [0.4, 0.5) is 5.69 Å². The first-order valence-corrected chi connectivity index (χ1v) is 10.5. The molecule has 0 bridgehead atoms. The molecular formula is C18H20Cl2N2O4S. The summed E-state index contributed by atoms with van der Waals surface area (Å²) in [5.41, 5.74) is 0.812. The summed E-state index contributed by atoms with van der Waals surface area (Å²) < 4.78 is 37.8. The summed E-state index contributed by atoms with van der Waals surface area (Å²) in [6, 6.07) is 9.86. The average molecular weight is 431 g/mol. The van der Waals surface area contributed by atoms with Gasteiger partial charge in [0.15, 0.2) is 11.5 Å². The Morgan fingerprint density at radius 1 is 0.889 bits per heavy atom. The van der Waals surface area contributed by atoms with Gasteiger partial charge in [-0.1, -0.05) is 23.2 Å². The van der Waals surface area contributed by atoms with Gasteiger partial charge in [-0.15, -0.1) is 0 Å². The third kappa shape index (κ3) is 4.11. The molecule has 1 saturated heterocycles. The van der Waals surface area contributed by atoms with Gasteiger partial charge in [-0.05, 0) is 30.3 Å². The van der Waals surface area contributed by atoms with Crippen LogP contribution in [-0.4, -0.2) is 53.1 Å². The number of nitrogens with zero attached hydrogens (tertiary/aromatic N) is 2. The molecule has 0 spiro atoms. The largest absolute Gasteiger partial charge is 0.493 e. The second kappa shape index (κ2) is 8.14. The van der Waals surface area contributed by atoms with Crippen molar-refractivity contribution in [1.82, 2.24) is 4.31 Å². The fourth-order valence-corrected chi connectivity index (χ4v) is 4.87. The van der Waals surface area contributed by atoms with Crippen molar-refractivity contribution in [2.45, 2.75) is 4.90 Å². The van der Waals surface area contributed by atoms with Crippen LogP contribution in [0.1, 0.15) is 0 Å². The molecule has 2 aromatic rings. The molecule has 3 rings (SSSR count). The normalized spacial score (nSPS) is 15.6. The van der Waals surface area contributed by atoms with E-state index in [4.69, 9.17) is 32.7 Å². The van der Waals surface area contributed by atoms with Crippen molar-refractivity contribution in [3.8, 4) is 11.5 Å². The van der Waals surface area contributed by atoms with Gasteiger partial charge in [0.25, 0.3) is 0 Å². The number of benzene rings is 2. The molecule has 9 heteroatoms. The van der Waals surface area contributed by atoms with Crippen LogP contribution in [-0.2, 0) is 10.0 Å². The van der Waals surface area contributed by atoms with E-state index in [1.165, 1.54) is 30.7 Å². The SMILES string of the molecule is COc1ccc(S(=O)(=O)N2CCN(c3cc(Cl)ccc3Cl)CC2)cc1OC. The van der Waals surface area contributed by atoms with E-state index < -0.39 is 10.0 Å². The second-order valence-electron chi connectivity index (χ2n) is 6.00. The van der Waals surface area contributed by atoms with Gasteiger partial charge in [-0.25, -0.2) is 8.42 Å². The minimum atomic E-state index is -3.63. The fourth-order valence-electron chi connectivity index (χ4n) is 3.02. The number of methoxy groups -OCH3 is 2. The number of sulfonamides is 1. The lowest BCUT2D eigenvalue weighted by Crippen LogP contribution is -2.48. The lowest BCUT2D eigenvalue weighted by molar-refractivity contribution is 0.353. The molecule has 0 aromatic heterocycles. The minimum Gasteiger partial charge on any atom is -0.493 e. The van der Waals surface area contributed by atoms with Gasteiger partial charge in [-0.2, -0.15) is 4.31 Å². The van der Waals surface area contributed by atoms with Crippen LogP contribution in [0.2, 0.25) is 10.0 Å². The summed E-state index contributed by atoms with van der Waals surface area (Å²) in [6.07, 6.45) is 0. The minimum absolute atomic E-state index is 0.175. The van der Waals surface area contributed by atoms with Crippen molar-refractivity contribution < 1.29 is 17.9 Å². The average Bonchev–Trinajstić information content (AvgIpc) is 2.69. The Balaban J connectivity index is 1.78. The lowest BCUT2D eigenvalue weighted by Gasteiger charge is -2.35. The van der Waals surface area contributed by atoms with Crippen molar-refractivity contribution in [3.63, 3.8) is 0 Å². The van der Waals surface area contributed by atoms with Crippen LogP contribution in [0.5, 0.6) is 11.5 Å². The van der Waals surface area contributed by atoms with Gasteiger partial charge in [-0.3, -0.25) is 0 Å². The molecule has 0 aliphatic carbocycles. The van der Waals surface area contributed by atoms with Gasteiger partial charge >= 0.3 is 0 Å². The van der Waals surface area contributed by atoms with Gasteiger partial charge in [0.2, 0.25) is 10.0 Å². The van der Waals surface area contributed by atoms with E-state index >= 15 is 0 Å². The molecule has 1 fully saturated rings. The van der Waals surface area contributed by atoms with Crippen LogP contribution < -0.4 is 14.4 Å². The zero-order valence-corrected chi connectivity index (χ0v) is 17.3. The molecule has 0 saturated carbocycles. The predicted octanol–water partition coefficient (Wildman–Crippen LogP) is 3.52. The number of halogens is 2. The fraction of sp³-hybridized carbons (Fsp3) is 0.333. The Morgan fingerprint density at radius 3 is 2.19 bits per heavy atom. The van der Waals surface area contributed by atoms with E-state index in [1.807, 2.05) is 4.90 Å². The second-order valence-corrected chi connectivity index (χ2v) is 8.79. The highest BCUT2D eigenvalue weighted by molar-refractivity contribution is 7.89. The highest BCUT2D eigenvalue weighted by Gasteiger charge is 2.30. The molecule has 1 aliphatic heterocycles. The summed E-state index contributed by atoms with van der Waals surface area (Å²) in [5.74, 6) is 0.861. The Bertz CT molecular complexity index is 929. The van der Waals surface area contributed by atoms with Crippen molar-refractivity contribution in [2.24, 2.45) is 0 Å². The topological polar surface area (TPSA) is 59.1 Å². The zero-order valence-electron chi connectivity index (χ0n) is 15.0. The Kier molecular flexibility index (Phi) is 6.05. The molecule has 1 heterocycles. The summed E-state index contributed by atoms with van der Waals surface area (Å²) in [6.45, 7) is 1.73.